The summed E-state index contributed by atoms with van der Waals surface area (Å²) in [4.78, 5) is 17.8. The van der Waals surface area contributed by atoms with Crippen LogP contribution in [0.25, 0.3) is 16.8 Å². The Kier molecular flexibility index (Phi) is 5.14. The van der Waals surface area contributed by atoms with Crippen LogP contribution in [0, 0.1) is 5.41 Å². The average molecular weight is 405 g/mol. The lowest BCUT2D eigenvalue weighted by Crippen LogP contribution is -2.26. The number of anilines is 1. The largest absolute Gasteiger partial charge is 0.510 e. The van der Waals surface area contributed by atoms with Gasteiger partial charge in [-0.25, -0.2) is 4.98 Å². The quantitative estimate of drug-likeness (QED) is 0.619. The number of nitrogens with zero attached hydrogens (tertiary/aromatic N) is 2. The number of aromatic nitrogens is 1. The number of nitrogens with one attached hydrogen (secondary N) is 1. The van der Waals surface area contributed by atoms with Crippen molar-refractivity contribution < 1.29 is 14.6 Å². The zero-order valence-corrected chi connectivity index (χ0v) is 16.6. The number of thiazole rings is 1. The van der Waals surface area contributed by atoms with Gasteiger partial charge in [0, 0.05) is 16.6 Å². The summed E-state index contributed by atoms with van der Waals surface area (Å²) in [6.07, 6.45) is 0.199. The molecule has 2 heterocycles. The van der Waals surface area contributed by atoms with Gasteiger partial charge in [0.1, 0.15) is 16.6 Å². The van der Waals surface area contributed by atoms with E-state index in [0.717, 1.165) is 22.5 Å². The van der Waals surface area contributed by atoms with Crippen molar-refractivity contribution in [3.8, 4) is 11.3 Å². The summed E-state index contributed by atoms with van der Waals surface area (Å²) in [5.41, 5.74) is 3.87. The highest BCUT2D eigenvalue weighted by molar-refractivity contribution is 7.11. The van der Waals surface area contributed by atoms with Crippen LogP contribution < -0.4 is 4.90 Å². The topological polar surface area (TPSA) is 86.5 Å². The fourth-order valence-electron chi connectivity index (χ4n) is 3.19. The van der Waals surface area contributed by atoms with E-state index in [1.54, 1.807) is 4.90 Å². The molecule has 2 aromatic carbocycles. The number of rotatable bonds is 5. The molecule has 0 saturated heterocycles. The number of benzene rings is 2. The molecule has 0 unspecified atom stereocenters. The Hall–Kier alpha value is -3.45. The maximum absolute atomic E-state index is 11.4. The fourth-order valence-corrected chi connectivity index (χ4v) is 4.08. The highest BCUT2D eigenvalue weighted by Crippen LogP contribution is 2.34. The first-order valence-corrected chi connectivity index (χ1v) is 9.90. The number of ether oxygens (including phenoxy) is 1. The molecule has 0 radical (unpaired) electrons. The number of amidine groups is 1. The Bertz CT molecular complexity index is 1090. The standard InChI is InChI=1S/C22H19N3O3S/c1-28-19(27)11-14-7-9-16(10-8-14)25-12-18(26)20(21(25)23)22-24-17(13-29-22)15-5-3-2-4-6-15/h2-10,13,23,26H,11-12H2,1H3. The van der Waals surface area contributed by atoms with Gasteiger partial charge in [-0.3, -0.25) is 10.2 Å². The van der Waals surface area contributed by atoms with Gasteiger partial charge in [0.2, 0.25) is 0 Å². The van der Waals surface area contributed by atoms with Gasteiger partial charge >= 0.3 is 5.97 Å². The fraction of sp³-hybridized carbons (Fsp3) is 0.136. The number of aliphatic hydroxyl groups excluding tert-OH is 1. The van der Waals surface area contributed by atoms with Crippen molar-refractivity contribution in [1.29, 1.82) is 5.41 Å². The van der Waals surface area contributed by atoms with E-state index in [9.17, 15) is 9.90 Å². The Morgan fingerprint density at radius 1 is 1.21 bits per heavy atom. The lowest BCUT2D eigenvalue weighted by molar-refractivity contribution is -0.139. The van der Waals surface area contributed by atoms with E-state index in [4.69, 9.17) is 5.41 Å². The van der Waals surface area contributed by atoms with Crippen molar-refractivity contribution in [1.82, 2.24) is 4.98 Å². The summed E-state index contributed by atoms with van der Waals surface area (Å²) in [6, 6.07) is 17.1. The highest BCUT2D eigenvalue weighted by Gasteiger charge is 2.31. The van der Waals surface area contributed by atoms with Crippen LogP contribution in [0.3, 0.4) is 0 Å². The van der Waals surface area contributed by atoms with Crippen LogP contribution in [0.15, 0.2) is 65.7 Å². The van der Waals surface area contributed by atoms with Gasteiger partial charge in [-0.15, -0.1) is 11.3 Å². The molecule has 1 aliphatic rings. The second-order valence-corrected chi connectivity index (χ2v) is 7.44. The second kappa shape index (κ2) is 7.89. The summed E-state index contributed by atoms with van der Waals surface area (Å²) >= 11 is 1.41. The summed E-state index contributed by atoms with van der Waals surface area (Å²) in [5.74, 6) is 0.0334. The van der Waals surface area contributed by atoms with Gasteiger partial charge < -0.3 is 14.7 Å². The van der Waals surface area contributed by atoms with Crippen LogP contribution in [-0.2, 0) is 16.0 Å². The van der Waals surface area contributed by atoms with E-state index in [2.05, 4.69) is 9.72 Å². The van der Waals surface area contributed by atoms with Crippen molar-refractivity contribution in [3.05, 3.63) is 76.3 Å². The molecule has 0 atom stereocenters. The number of hydrogen-bond acceptors (Lipinski definition) is 6. The van der Waals surface area contributed by atoms with E-state index >= 15 is 0 Å². The Balaban J connectivity index is 1.54. The van der Waals surface area contributed by atoms with Crippen LogP contribution in [-0.4, -0.2) is 35.5 Å². The first-order valence-electron chi connectivity index (χ1n) is 9.02. The Morgan fingerprint density at radius 3 is 2.62 bits per heavy atom. The third-order valence-electron chi connectivity index (χ3n) is 4.71. The van der Waals surface area contributed by atoms with E-state index < -0.39 is 0 Å². The van der Waals surface area contributed by atoms with E-state index in [1.165, 1.54) is 18.4 Å². The van der Waals surface area contributed by atoms with Crippen LogP contribution in [0.2, 0.25) is 0 Å². The van der Waals surface area contributed by atoms with Crippen molar-refractivity contribution >= 4 is 34.4 Å². The van der Waals surface area contributed by atoms with Crippen molar-refractivity contribution in [2.24, 2.45) is 0 Å². The first-order chi connectivity index (χ1) is 14.1. The smallest absolute Gasteiger partial charge is 0.309 e. The zero-order valence-electron chi connectivity index (χ0n) is 15.8. The molecule has 3 aromatic rings. The molecule has 146 valence electrons. The summed E-state index contributed by atoms with van der Waals surface area (Å²) in [6.45, 7) is 0.213. The summed E-state index contributed by atoms with van der Waals surface area (Å²) in [7, 11) is 1.36. The van der Waals surface area contributed by atoms with E-state index in [-0.39, 0.29) is 30.5 Å². The van der Waals surface area contributed by atoms with Crippen LogP contribution in [0.1, 0.15) is 10.6 Å². The molecule has 2 N–H and O–H groups in total. The van der Waals surface area contributed by atoms with Gasteiger partial charge in [-0.05, 0) is 17.7 Å². The van der Waals surface area contributed by atoms with E-state index in [1.807, 2.05) is 60.0 Å². The highest BCUT2D eigenvalue weighted by atomic mass is 32.1. The second-order valence-electron chi connectivity index (χ2n) is 6.58. The molecular weight excluding hydrogens is 386 g/mol. The molecule has 29 heavy (non-hydrogen) atoms. The van der Waals surface area contributed by atoms with Crippen LogP contribution in [0.4, 0.5) is 5.69 Å². The van der Waals surface area contributed by atoms with Crippen molar-refractivity contribution in [3.63, 3.8) is 0 Å². The molecule has 0 amide bonds. The minimum absolute atomic E-state index is 0.127. The number of carbonyl (C=O) groups is 1. The number of esters is 1. The molecule has 1 aromatic heterocycles. The normalized spacial score (nSPS) is 13.8. The molecular formula is C22H19N3O3S. The third-order valence-corrected chi connectivity index (χ3v) is 5.57. The minimum atomic E-state index is -0.300. The number of carbonyl (C=O) groups excluding carboxylic acids is 1. The van der Waals surface area contributed by atoms with Crippen molar-refractivity contribution in [2.75, 3.05) is 18.6 Å². The lowest BCUT2D eigenvalue weighted by atomic mass is 10.1. The summed E-state index contributed by atoms with van der Waals surface area (Å²) in [5, 5.41) is 21.7. The van der Waals surface area contributed by atoms with Crippen LogP contribution >= 0.6 is 11.3 Å². The molecule has 0 fully saturated rings. The third kappa shape index (κ3) is 3.77. The number of aliphatic hydroxyl groups is 1. The molecule has 6 nitrogen and oxygen atoms in total. The summed E-state index contributed by atoms with van der Waals surface area (Å²) < 4.78 is 4.68. The number of hydrogen-bond donors (Lipinski definition) is 2. The Labute approximate surface area is 172 Å². The van der Waals surface area contributed by atoms with Crippen LogP contribution in [0.5, 0.6) is 0 Å². The minimum Gasteiger partial charge on any atom is -0.510 e. The van der Waals surface area contributed by atoms with E-state index in [0.29, 0.717) is 10.6 Å². The zero-order chi connectivity index (χ0) is 20.4. The molecule has 0 bridgehead atoms. The molecule has 7 heteroatoms. The van der Waals surface area contributed by atoms with Gasteiger partial charge in [0.15, 0.2) is 0 Å². The maximum Gasteiger partial charge on any atom is 0.309 e. The molecule has 4 rings (SSSR count). The van der Waals surface area contributed by atoms with Gasteiger partial charge in [0.25, 0.3) is 0 Å². The predicted octanol–water partition coefficient (Wildman–Crippen LogP) is 4.29. The monoisotopic (exact) mass is 405 g/mol. The predicted molar refractivity (Wildman–Crippen MR) is 114 cm³/mol. The average Bonchev–Trinajstić information content (AvgIpc) is 3.33. The molecule has 1 aliphatic heterocycles. The Morgan fingerprint density at radius 2 is 1.93 bits per heavy atom. The molecule has 0 aliphatic carbocycles. The maximum atomic E-state index is 11.4. The molecule has 0 spiro atoms. The molecule has 0 saturated carbocycles. The van der Waals surface area contributed by atoms with Crippen molar-refractivity contribution in [2.45, 2.75) is 6.42 Å². The van der Waals surface area contributed by atoms with Gasteiger partial charge in [-0.1, -0.05) is 42.5 Å². The first kappa shape index (κ1) is 18.9. The lowest BCUT2D eigenvalue weighted by Gasteiger charge is -2.18. The van der Waals surface area contributed by atoms with Gasteiger partial charge in [-0.2, -0.15) is 0 Å². The SMILES string of the molecule is COC(=O)Cc1ccc(N2CC(O)=C(c3nc(-c4ccccc4)cs3)C2=N)cc1. The van der Waals surface area contributed by atoms with Gasteiger partial charge in [0.05, 0.1) is 31.3 Å². The number of methoxy groups -OCH3 is 1.